The van der Waals surface area contributed by atoms with Gasteiger partial charge in [-0.15, -0.1) is 0 Å². The van der Waals surface area contributed by atoms with Crippen molar-refractivity contribution in [2.24, 2.45) is 0 Å². The molecular weight excluding hydrogens is 472 g/mol. The first-order valence-corrected chi connectivity index (χ1v) is 11.8. The van der Waals surface area contributed by atoms with Gasteiger partial charge in [0.05, 0.1) is 40.5 Å². The fraction of sp³-hybridized carbons (Fsp3) is 0.148. The molecule has 7 rings (SSSR count). The topological polar surface area (TPSA) is 158 Å². The van der Waals surface area contributed by atoms with Gasteiger partial charge in [-0.3, -0.25) is 4.79 Å². The van der Waals surface area contributed by atoms with Gasteiger partial charge >= 0.3 is 0 Å². The minimum Gasteiger partial charge on any atom is -0.543 e. The van der Waals surface area contributed by atoms with Crippen LogP contribution in [0, 0.1) is 0 Å². The second kappa shape index (κ2) is 7.76. The molecule has 0 aromatic carbocycles. The SMILES string of the molecule is O=C([O-])c1ccc2c(n1)-c1nc3nc4c(cc3cc1CC2)CCc1ccc(-c2nc(O)cc(=O)[nH]2)nc1-4. The molecule has 0 spiro atoms. The summed E-state index contributed by atoms with van der Waals surface area (Å²) >= 11 is 0. The Hall–Kier alpha value is -4.99. The molecule has 0 bridgehead atoms. The summed E-state index contributed by atoms with van der Waals surface area (Å²) in [6.45, 7) is 0. The molecule has 180 valence electrons. The van der Waals surface area contributed by atoms with Crippen LogP contribution in [-0.2, 0) is 25.7 Å². The number of rotatable bonds is 2. The molecule has 2 aliphatic carbocycles. The average molecular weight is 489 g/mol. The number of carbonyl (C=O) groups excluding carboxylic acids is 1. The van der Waals surface area contributed by atoms with Crippen molar-refractivity contribution >= 4 is 17.0 Å². The number of aromatic amines is 1. The standard InChI is InChI=1S/C27H18N6O4/c34-19-11-20(35)31-26(30-19)17-7-5-12-1-3-14-9-16-10-15-4-2-13-6-8-18(27(36)37)29-22(13)24(15)33-25(16)32-23(14)21(12)28-17/h5-11H,1-4H2,(H,36,37)(H2,30,31,34,35)/p-1. The van der Waals surface area contributed by atoms with Gasteiger partial charge < -0.3 is 20.0 Å². The smallest absolute Gasteiger partial charge is 0.255 e. The number of H-pyrrole nitrogens is 1. The Labute approximate surface area is 208 Å². The molecule has 2 aliphatic rings. The van der Waals surface area contributed by atoms with Crippen LogP contribution in [0.5, 0.6) is 5.88 Å². The molecule has 0 aliphatic heterocycles. The average Bonchev–Trinajstić information content (AvgIpc) is 2.89. The van der Waals surface area contributed by atoms with E-state index < -0.39 is 11.5 Å². The lowest BCUT2D eigenvalue weighted by Crippen LogP contribution is -2.24. The number of nitrogens with zero attached hydrogens (tertiary/aromatic N) is 5. The minimum atomic E-state index is -1.33. The molecule has 0 saturated heterocycles. The van der Waals surface area contributed by atoms with Crippen molar-refractivity contribution < 1.29 is 15.0 Å². The van der Waals surface area contributed by atoms with E-state index in [9.17, 15) is 19.8 Å². The van der Waals surface area contributed by atoms with E-state index in [4.69, 9.17) is 15.0 Å². The Bertz CT molecular complexity index is 1860. The second-order valence-electron chi connectivity index (χ2n) is 9.19. The van der Waals surface area contributed by atoms with Crippen LogP contribution in [0.1, 0.15) is 32.7 Å². The highest BCUT2D eigenvalue weighted by Gasteiger charge is 2.24. The maximum Gasteiger partial charge on any atom is 0.255 e. The number of hydrogen-bond acceptors (Lipinski definition) is 9. The van der Waals surface area contributed by atoms with E-state index in [2.05, 4.69) is 27.1 Å². The van der Waals surface area contributed by atoms with E-state index in [1.807, 2.05) is 6.07 Å². The van der Waals surface area contributed by atoms with E-state index >= 15 is 0 Å². The number of aromatic hydroxyl groups is 1. The number of carboxylic acid groups (broad SMARTS) is 1. The third-order valence-electron chi connectivity index (χ3n) is 6.87. The third kappa shape index (κ3) is 3.45. The molecule has 0 amide bonds. The number of carbonyl (C=O) groups is 1. The van der Waals surface area contributed by atoms with Gasteiger partial charge in [0.25, 0.3) is 5.56 Å². The molecule has 0 saturated carbocycles. The summed E-state index contributed by atoms with van der Waals surface area (Å²) in [5.41, 5.74) is 6.84. The number of nitrogens with one attached hydrogen (secondary N) is 1. The summed E-state index contributed by atoms with van der Waals surface area (Å²) in [5.74, 6) is -1.55. The molecule has 0 atom stereocenters. The number of fused-ring (bicyclic) bond motifs is 7. The van der Waals surface area contributed by atoms with Gasteiger partial charge in [0, 0.05) is 5.39 Å². The summed E-state index contributed by atoms with van der Waals surface area (Å²) in [6.07, 6.45) is 3.11. The lowest BCUT2D eigenvalue weighted by Gasteiger charge is -2.22. The third-order valence-corrected chi connectivity index (χ3v) is 6.87. The van der Waals surface area contributed by atoms with Gasteiger partial charge in [0.1, 0.15) is 5.69 Å². The molecule has 5 aromatic heterocycles. The molecular formula is C27H17N6O4-. The van der Waals surface area contributed by atoms with Crippen molar-refractivity contribution in [3.05, 3.63) is 80.8 Å². The van der Waals surface area contributed by atoms with Crippen molar-refractivity contribution in [3.8, 4) is 40.2 Å². The Morgan fingerprint density at radius 3 is 2.00 bits per heavy atom. The van der Waals surface area contributed by atoms with Crippen LogP contribution in [0.25, 0.3) is 45.3 Å². The van der Waals surface area contributed by atoms with Crippen LogP contribution in [0.2, 0.25) is 0 Å². The van der Waals surface area contributed by atoms with Gasteiger partial charge in [0.15, 0.2) is 11.5 Å². The van der Waals surface area contributed by atoms with Crippen molar-refractivity contribution in [2.45, 2.75) is 25.7 Å². The predicted octanol–water partition coefficient (Wildman–Crippen LogP) is 1.77. The molecule has 0 radical (unpaired) electrons. The van der Waals surface area contributed by atoms with Gasteiger partial charge in [-0.1, -0.05) is 12.1 Å². The summed E-state index contributed by atoms with van der Waals surface area (Å²) in [4.78, 5) is 48.6. The predicted molar refractivity (Wildman–Crippen MR) is 131 cm³/mol. The van der Waals surface area contributed by atoms with Crippen LogP contribution in [0.3, 0.4) is 0 Å². The summed E-state index contributed by atoms with van der Waals surface area (Å²) in [7, 11) is 0. The Morgan fingerprint density at radius 1 is 0.757 bits per heavy atom. The molecule has 10 nitrogen and oxygen atoms in total. The van der Waals surface area contributed by atoms with Gasteiger partial charge in [-0.25, -0.2) is 19.9 Å². The molecule has 5 aromatic rings. The largest absolute Gasteiger partial charge is 0.543 e. The molecule has 10 heteroatoms. The lowest BCUT2D eigenvalue weighted by molar-refractivity contribution is -0.255. The monoisotopic (exact) mass is 489 g/mol. The van der Waals surface area contributed by atoms with Gasteiger partial charge in [0.2, 0.25) is 5.88 Å². The summed E-state index contributed by atoms with van der Waals surface area (Å²) in [5, 5.41) is 22.1. The molecule has 0 unspecified atom stereocenters. The molecule has 0 fully saturated rings. The zero-order valence-corrected chi connectivity index (χ0v) is 19.3. The van der Waals surface area contributed by atoms with E-state index in [-0.39, 0.29) is 17.4 Å². The van der Waals surface area contributed by atoms with Crippen molar-refractivity contribution in [1.29, 1.82) is 0 Å². The maximum atomic E-state index is 11.8. The highest BCUT2D eigenvalue weighted by atomic mass is 16.4. The molecule has 37 heavy (non-hydrogen) atoms. The van der Waals surface area contributed by atoms with E-state index in [1.54, 1.807) is 12.1 Å². The van der Waals surface area contributed by atoms with E-state index in [0.717, 1.165) is 59.4 Å². The van der Waals surface area contributed by atoms with Gasteiger partial charge in [-0.05, 0) is 72.2 Å². The van der Waals surface area contributed by atoms with Crippen LogP contribution in [0.4, 0.5) is 0 Å². The number of hydrogen-bond donors (Lipinski definition) is 2. The Morgan fingerprint density at radius 2 is 1.35 bits per heavy atom. The number of carboxylic acids is 1. The normalized spacial score (nSPS) is 13.4. The fourth-order valence-corrected chi connectivity index (χ4v) is 5.12. The number of pyridine rings is 4. The zero-order valence-electron chi connectivity index (χ0n) is 19.3. The highest BCUT2D eigenvalue weighted by molar-refractivity contribution is 5.87. The number of aromatic carboxylic acids is 1. The van der Waals surface area contributed by atoms with Gasteiger partial charge in [-0.2, -0.15) is 4.98 Å². The summed E-state index contributed by atoms with van der Waals surface area (Å²) < 4.78 is 0. The van der Waals surface area contributed by atoms with Crippen LogP contribution < -0.4 is 10.7 Å². The van der Waals surface area contributed by atoms with Crippen LogP contribution in [0.15, 0.2) is 47.3 Å². The Kier molecular flexibility index (Phi) is 4.47. The summed E-state index contributed by atoms with van der Waals surface area (Å²) in [6, 6.07) is 12.1. The lowest BCUT2D eigenvalue weighted by atomic mass is 9.89. The fourth-order valence-electron chi connectivity index (χ4n) is 5.12. The van der Waals surface area contributed by atoms with E-state index in [0.29, 0.717) is 34.1 Å². The first-order chi connectivity index (χ1) is 17.9. The number of aryl methyl sites for hydroxylation is 4. The number of aromatic nitrogens is 6. The van der Waals surface area contributed by atoms with Crippen molar-refractivity contribution in [2.75, 3.05) is 0 Å². The van der Waals surface area contributed by atoms with Crippen molar-refractivity contribution in [1.82, 2.24) is 29.9 Å². The quantitative estimate of drug-likeness (QED) is 0.377. The Balaban J connectivity index is 1.40. The minimum absolute atomic E-state index is 0.129. The van der Waals surface area contributed by atoms with E-state index in [1.165, 1.54) is 6.07 Å². The molecule has 5 heterocycles. The van der Waals surface area contributed by atoms with Crippen molar-refractivity contribution in [3.63, 3.8) is 0 Å². The molecule has 2 N–H and O–H groups in total. The highest BCUT2D eigenvalue weighted by Crippen LogP contribution is 2.37. The second-order valence-corrected chi connectivity index (χ2v) is 9.19. The zero-order chi connectivity index (χ0) is 25.3. The first-order valence-electron chi connectivity index (χ1n) is 11.8. The maximum absolute atomic E-state index is 11.8. The van der Waals surface area contributed by atoms with Crippen LogP contribution in [-0.4, -0.2) is 41.0 Å². The first kappa shape index (κ1) is 21.3. The van der Waals surface area contributed by atoms with Crippen LogP contribution >= 0.6 is 0 Å².